The van der Waals surface area contributed by atoms with Crippen LogP contribution in [0.3, 0.4) is 0 Å². The van der Waals surface area contributed by atoms with Crippen LogP contribution in [0, 0.1) is 0 Å². The van der Waals surface area contributed by atoms with Crippen LogP contribution in [-0.2, 0) is 9.53 Å². The smallest absolute Gasteiger partial charge is 0.377 e. The van der Waals surface area contributed by atoms with E-state index in [1.165, 1.54) is 6.92 Å². The first-order chi connectivity index (χ1) is 5.94. The summed E-state index contributed by atoms with van der Waals surface area (Å²) in [6.07, 6.45) is -1.85. The Morgan fingerprint density at radius 1 is 1.54 bits per heavy atom. The number of carbonyl (C=O) groups excluding carboxylic acids is 1. The van der Waals surface area contributed by atoms with Crippen LogP contribution in [0.15, 0.2) is 0 Å². The maximum atomic E-state index is 12.8. The molecular formula is C8H14F2O3. The molecule has 0 fully saturated rings. The molecule has 0 aliphatic heterocycles. The van der Waals surface area contributed by atoms with Crippen molar-refractivity contribution in [2.75, 3.05) is 6.61 Å². The lowest BCUT2D eigenvalue weighted by Gasteiger charge is -2.16. The highest BCUT2D eigenvalue weighted by atomic mass is 19.3. The topological polar surface area (TPSA) is 46.5 Å². The maximum absolute atomic E-state index is 12.8. The molecule has 0 rings (SSSR count). The largest absolute Gasteiger partial charge is 0.462 e. The highest BCUT2D eigenvalue weighted by molar-refractivity contribution is 5.77. The quantitative estimate of drug-likeness (QED) is 0.675. The van der Waals surface area contributed by atoms with Gasteiger partial charge in [-0.25, -0.2) is 4.79 Å². The summed E-state index contributed by atoms with van der Waals surface area (Å²) in [7, 11) is 0. The molecule has 1 N–H and O–H groups in total. The average molecular weight is 196 g/mol. The SMILES string of the molecule is CCOC(=O)C(F)(F)CC(O)CC. The Hall–Kier alpha value is -0.710. The summed E-state index contributed by atoms with van der Waals surface area (Å²) < 4.78 is 29.8. The maximum Gasteiger partial charge on any atom is 0.377 e. The summed E-state index contributed by atoms with van der Waals surface area (Å²) in [4.78, 5) is 10.6. The monoisotopic (exact) mass is 196 g/mol. The van der Waals surface area contributed by atoms with E-state index in [2.05, 4.69) is 4.74 Å². The first-order valence-corrected chi connectivity index (χ1v) is 4.17. The van der Waals surface area contributed by atoms with Crippen molar-refractivity contribution in [2.24, 2.45) is 0 Å². The molecule has 0 bridgehead atoms. The number of halogens is 2. The molecule has 1 unspecified atom stereocenters. The average Bonchev–Trinajstić information content (AvgIpc) is 2.04. The highest BCUT2D eigenvalue weighted by Gasteiger charge is 2.41. The van der Waals surface area contributed by atoms with E-state index in [9.17, 15) is 13.6 Å². The van der Waals surface area contributed by atoms with E-state index in [0.717, 1.165) is 0 Å². The van der Waals surface area contributed by atoms with Gasteiger partial charge in [0, 0.05) is 6.42 Å². The van der Waals surface area contributed by atoms with Gasteiger partial charge in [0.2, 0.25) is 0 Å². The van der Waals surface area contributed by atoms with E-state index in [0.29, 0.717) is 0 Å². The Balaban J connectivity index is 4.13. The number of hydrogen-bond donors (Lipinski definition) is 1. The minimum atomic E-state index is -3.58. The summed E-state index contributed by atoms with van der Waals surface area (Å²) in [6, 6.07) is 0. The summed E-state index contributed by atoms with van der Waals surface area (Å²) >= 11 is 0. The third kappa shape index (κ3) is 4.17. The number of esters is 1. The Morgan fingerprint density at radius 3 is 2.46 bits per heavy atom. The van der Waals surface area contributed by atoms with Crippen LogP contribution in [0.25, 0.3) is 0 Å². The van der Waals surface area contributed by atoms with Gasteiger partial charge in [-0.05, 0) is 13.3 Å². The van der Waals surface area contributed by atoms with Crippen molar-refractivity contribution in [3.63, 3.8) is 0 Å². The Kier molecular flexibility index (Phi) is 4.83. The number of hydrogen-bond acceptors (Lipinski definition) is 3. The molecule has 0 radical (unpaired) electrons. The van der Waals surface area contributed by atoms with Crippen molar-refractivity contribution in [3.8, 4) is 0 Å². The third-order valence-corrected chi connectivity index (χ3v) is 1.54. The number of aliphatic hydroxyl groups excluding tert-OH is 1. The predicted molar refractivity (Wildman–Crippen MR) is 42.5 cm³/mol. The molecule has 0 saturated carbocycles. The van der Waals surface area contributed by atoms with Gasteiger partial charge in [0.1, 0.15) is 0 Å². The van der Waals surface area contributed by atoms with Gasteiger partial charge in [-0.2, -0.15) is 8.78 Å². The second kappa shape index (κ2) is 5.11. The zero-order valence-corrected chi connectivity index (χ0v) is 7.72. The van der Waals surface area contributed by atoms with Crippen molar-refractivity contribution < 1.29 is 23.4 Å². The van der Waals surface area contributed by atoms with Gasteiger partial charge in [0.05, 0.1) is 12.7 Å². The molecule has 0 spiro atoms. The first-order valence-electron chi connectivity index (χ1n) is 4.17. The molecule has 0 aliphatic rings. The molecule has 3 nitrogen and oxygen atoms in total. The van der Waals surface area contributed by atoms with Crippen molar-refractivity contribution >= 4 is 5.97 Å². The van der Waals surface area contributed by atoms with Crippen molar-refractivity contribution in [3.05, 3.63) is 0 Å². The van der Waals surface area contributed by atoms with Crippen LogP contribution in [0.1, 0.15) is 26.7 Å². The second-order valence-electron chi connectivity index (χ2n) is 2.69. The molecule has 1 atom stereocenters. The molecule has 5 heteroatoms. The van der Waals surface area contributed by atoms with Crippen LogP contribution in [0.4, 0.5) is 8.78 Å². The lowest BCUT2D eigenvalue weighted by molar-refractivity contribution is -0.175. The van der Waals surface area contributed by atoms with Crippen molar-refractivity contribution in [1.82, 2.24) is 0 Å². The number of rotatable bonds is 5. The number of carbonyl (C=O) groups is 1. The van der Waals surface area contributed by atoms with E-state index in [1.54, 1.807) is 6.92 Å². The van der Waals surface area contributed by atoms with Crippen molar-refractivity contribution in [2.45, 2.75) is 38.7 Å². The molecule has 78 valence electrons. The van der Waals surface area contributed by atoms with E-state index in [-0.39, 0.29) is 13.0 Å². The Morgan fingerprint density at radius 2 is 2.08 bits per heavy atom. The number of aliphatic hydroxyl groups is 1. The van der Waals surface area contributed by atoms with Gasteiger partial charge >= 0.3 is 11.9 Å². The summed E-state index contributed by atoms with van der Waals surface area (Å²) in [5.74, 6) is -5.15. The lowest BCUT2D eigenvalue weighted by atomic mass is 10.1. The molecule has 0 saturated heterocycles. The van der Waals surface area contributed by atoms with Gasteiger partial charge in [-0.1, -0.05) is 6.92 Å². The summed E-state index contributed by atoms with van der Waals surface area (Å²) in [5, 5.41) is 8.92. The first kappa shape index (κ1) is 12.3. The molecule has 0 amide bonds. The minimum absolute atomic E-state index is 0.0867. The van der Waals surface area contributed by atoms with Gasteiger partial charge in [-0.3, -0.25) is 0 Å². The second-order valence-corrected chi connectivity index (χ2v) is 2.69. The normalized spacial score (nSPS) is 13.9. The molecular weight excluding hydrogens is 182 g/mol. The molecule has 13 heavy (non-hydrogen) atoms. The van der Waals surface area contributed by atoms with Crippen LogP contribution in [-0.4, -0.2) is 29.7 Å². The fourth-order valence-electron chi connectivity index (χ4n) is 0.760. The van der Waals surface area contributed by atoms with E-state index in [1.807, 2.05) is 0 Å². The van der Waals surface area contributed by atoms with Gasteiger partial charge in [0.15, 0.2) is 0 Å². The zero-order chi connectivity index (χ0) is 10.5. The lowest BCUT2D eigenvalue weighted by Crippen LogP contribution is -2.34. The van der Waals surface area contributed by atoms with Crippen LogP contribution in [0.2, 0.25) is 0 Å². The minimum Gasteiger partial charge on any atom is -0.462 e. The van der Waals surface area contributed by atoms with E-state index in [4.69, 9.17) is 5.11 Å². The van der Waals surface area contributed by atoms with Gasteiger partial charge in [-0.15, -0.1) is 0 Å². The number of ether oxygens (including phenoxy) is 1. The van der Waals surface area contributed by atoms with Crippen molar-refractivity contribution in [1.29, 1.82) is 0 Å². The molecule has 0 aromatic carbocycles. The van der Waals surface area contributed by atoms with E-state index >= 15 is 0 Å². The Labute approximate surface area is 75.7 Å². The van der Waals surface area contributed by atoms with Crippen LogP contribution < -0.4 is 0 Å². The highest BCUT2D eigenvalue weighted by Crippen LogP contribution is 2.23. The van der Waals surface area contributed by atoms with E-state index < -0.39 is 24.4 Å². The fraction of sp³-hybridized carbons (Fsp3) is 0.875. The standard InChI is InChI=1S/C8H14F2O3/c1-3-6(11)5-8(9,10)7(12)13-4-2/h6,11H,3-5H2,1-2H3. The van der Waals surface area contributed by atoms with Crippen LogP contribution in [0.5, 0.6) is 0 Å². The zero-order valence-electron chi connectivity index (χ0n) is 7.72. The van der Waals surface area contributed by atoms with Crippen LogP contribution >= 0.6 is 0 Å². The summed E-state index contributed by atoms with van der Waals surface area (Å²) in [5.41, 5.74) is 0. The number of alkyl halides is 2. The molecule has 0 aromatic heterocycles. The fourth-order valence-corrected chi connectivity index (χ4v) is 0.760. The third-order valence-electron chi connectivity index (χ3n) is 1.54. The van der Waals surface area contributed by atoms with Gasteiger partial charge in [0.25, 0.3) is 0 Å². The Bertz CT molecular complexity index is 171. The molecule has 0 aliphatic carbocycles. The molecule has 0 aromatic rings. The predicted octanol–water partition coefficient (Wildman–Crippen LogP) is 1.35. The summed E-state index contributed by atoms with van der Waals surface area (Å²) in [6.45, 7) is 2.92. The molecule has 0 heterocycles. The van der Waals surface area contributed by atoms with Gasteiger partial charge < -0.3 is 9.84 Å².